The monoisotopic (exact) mass is 302 g/mol. The molecule has 0 bridgehead atoms. The molecule has 110 valence electrons. The molecule has 0 amide bonds. The van der Waals surface area contributed by atoms with E-state index >= 15 is 0 Å². The summed E-state index contributed by atoms with van der Waals surface area (Å²) in [5.74, 6) is -1.86. The number of aliphatic hydroxyl groups is 1. The topological polar surface area (TPSA) is 229 Å². The second-order valence-corrected chi connectivity index (χ2v) is 3.38. The van der Waals surface area contributed by atoms with E-state index in [9.17, 15) is 45.6 Å². The Bertz CT molecular complexity index is 698. The molecule has 0 aromatic carbocycles. The molecule has 1 atom stereocenters. The van der Waals surface area contributed by atoms with Crippen molar-refractivity contribution in [3.05, 3.63) is 68.8 Å². The second-order valence-electron chi connectivity index (χ2n) is 3.38. The molecule has 0 saturated heterocycles. The summed E-state index contributed by atoms with van der Waals surface area (Å²) in [6, 6.07) is -2.74. The van der Waals surface area contributed by atoms with Crippen molar-refractivity contribution in [1.82, 2.24) is 0 Å². The van der Waals surface area contributed by atoms with E-state index in [0.717, 1.165) is 0 Å². The van der Waals surface area contributed by atoms with Crippen LogP contribution < -0.4 is 0 Å². The lowest BCUT2D eigenvalue weighted by atomic mass is 9.97. The first-order valence-corrected chi connectivity index (χ1v) is 4.61. The molecule has 1 aliphatic carbocycles. The maximum atomic E-state index is 10.8. The van der Waals surface area contributed by atoms with Crippen LogP contribution in [0.4, 0.5) is 0 Å². The van der Waals surface area contributed by atoms with E-state index in [0.29, 0.717) is 0 Å². The van der Waals surface area contributed by atoms with Crippen molar-refractivity contribution in [1.29, 1.82) is 0 Å². The van der Waals surface area contributed by atoms with Gasteiger partial charge in [-0.1, -0.05) is 0 Å². The number of rotatable bonds is 4. The van der Waals surface area contributed by atoms with Gasteiger partial charge in [-0.05, 0) is 0 Å². The van der Waals surface area contributed by atoms with Crippen LogP contribution in [0.15, 0.2) is 22.9 Å². The first kappa shape index (κ1) is 15.3. The molecule has 1 aliphatic rings. The smallest absolute Gasteiger partial charge is 0.460 e. The summed E-state index contributed by atoms with van der Waals surface area (Å²) in [6.45, 7) is 0. The second kappa shape index (κ2) is 5.10. The van der Waals surface area contributed by atoms with Gasteiger partial charge < -0.3 is 10.6 Å². The Balaban J connectivity index is 3.97. The van der Waals surface area contributed by atoms with Crippen LogP contribution in [0, 0.1) is 40.5 Å². The van der Waals surface area contributed by atoms with Crippen LogP contribution in [0.5, 0.6) is 0 Å². The molecule has 1 unspecified atom stereocenters. The average molecular weight is 302 g/mol. The van der Waals surface area contributed by atoms with E-state index in [1.807, 2.05) is 0 Å². The fourth-order valence-corrected chi connectivity index (χ4v) is 1.58. The lowest BCUT2D eigenvalue weighted by Gasteiger charge is -2.08. The highest BCUT2D eigenvalue weighted by Gasteiger charge is 2.64. The van der Waals surface area contributed by atoms with E-state index in [1.165, 1.54) is 0 Å². The van der Waals surface area contributed by atoms with Gasteiger partial charge in [-0.15, -0.1) is 0 Å². The van der Waals surface area contributed by atoms with Gasteiger partial charge in [0.15, 0.2) is 0 Å². The zero-order valence-corrected chi connectivity index (χ0v) is 9.47. The van der Waals surface area contributed by atoms with Crippen LogP contribution in [-0.2, 0) is 0 Å². The Morgan fingerprint density at radius 2 is 1.43 bits per heavy atom. The van der Waals surface area contributed by atoms with E-state index in [2.05, 4.69) is 4.79 Å². The molecule has 0 fully saturated rings. The van der Waals surface area contributed by atoms with Gasteiger partial charge in [-0.25, -0.2) is 0 Å². The highest BCUT2D eigenvalue weighted by molar-refractivity contribution is 6.01. The number of hydrogen-bond acceptors (Lipinski definition) is 9. The van der Waals surface area contributed by atoms with Crippen molar-refractivity contribution in [2.24, 2.45) is 0 Å². The van der Waals surface area contributed by atoms with Gasteiger partial charge in [0.05, 0.1) is 14.8 Å². The number of hydrogen-bond donors (Lipinski definition) is 1. The first-order valence-electron chi connectivity index (χ1n) is 4.61. The van der Waals surface area contributed by atoms with Crippen molar-refractivity contribution in [2.45, 2.75) is 6.04 Å². The minimum absolute atomic E-state index is 1.47. The highest BCUT2D eigenvalue weighted by atomic mass is 16.7. The minimum atomic E-state index is -2.74. The van der Waals surface area contributed by atoms with Gasteiger partial charge in [0.25, 0.3) is 5.76 Å². The van der Waals surface area contributed by atoms with Crippen molar-refractivity contribution in [3.63, 3.8) is 0 Å². The minimum Gasteiger partial charge on any atom is -0.497 e. The molecule has 0 heterocycles. The Morgan fingerprint density at radius 1 is 0.952 bits per heavy atom. The molecule has 15 heteroatoms. The Hall–Kier alpha value is -3.74. The Morgan fingerprint density at radius 3 is 1.71 bits per heavy atom. The number of aliphatic hydroxyl groups excluding tert-OH is 1. The standard InChI is InChI=1S/C6H2N6O9/c7-8-1-2(9(14)15)4(11(18)19)6(13)5(12(20)21)3(1)10(16)17/h2,13H. The summed E-state index contributed by atoms with van der Waals surface area (Å²) in [5, 5.41) is 52.4. The highest BCUT2D eigenvalue weighted by Crippen LogP contribution is 2.29. The van der Waals surface area contributed by atoms with Crippen LogP contribution in [0.2, 0.25) is 0 Å². The molecule has 21 heavy (non-hydrogen) atoms. The van der Waals surface area contributed by atoms with E-state index < -0.39 is 54.3 Å². The zero-order valence-electron chi connectivity index (χ0n) is 9.47. The van der Waals surface area contributed by atoms with Crippen LogP contribution in [0.25, 0.3) is 5.53 Å². The summed E-state index contributed by atoms with van der Waals surface area (Å²) < 4.78 is 0. The molecular formula is C6H2N6O9. The van der Waals surface area contributed by atoms with Gasteiger partial charge in [0.2, 0.25) is 0 Å². The molecular weight excluding hydrogens is 300 g/mol. The summed E-state index contributed by atoms with van der Waals surface area (Å²) in [7, 11) is 0. The zero-order chi connectivity index (χ0) is 16.5. The summed E-state index contributed by atoms with van der Waals surface area (Å²) in [6.07, 6.45) is 0. The molecule has 0 spiro atoms. The van der Waals surface area contributed by atoms with Crippen molar-refractivity contribution < 1.29 is 29.6 Å². The van der Waals surface area contributed by atoms with Crippen molar-refractivity contribution in [2.75, 3.05) is 0 Å². The number of nitrogens with zero attached hydrogens (tertiary/aromatic N) is 6. The van der Waals surface area contributed by atoms with Crippen molar-refractivity contribution in [3.8, 4) is 0 Å². The fraction of sp³-hybridized carbons (Fsp3) is 0.167. The third kappa shape index (κ3) is 2.26. The molecule has 15 nitrogen and oxygen atoms in total. The quantitative estimate of drug-likeness (QED) is 0.293. The SMILES string of the molecule is [N-]=[N+]=C1C([N+](=O)[O-])=C([N+](=O)[O-])C(O)=C([N+](=O)[O-])C1[N+](=O)[O-]. The molecule has 0 aliphatic heterocycles. The van der Waals surface area contributed by atoms with Crippen LogP contribution in [0.3, 0.4) is 0 Å². The molecule has 0 aromatic heterocycles. The third-order valence-electron chi connectivity index (χ3n) is 2.33. The maximum absolute atomic E-state index is 10.8. The van der Waals surface area contributed by atoms with Crippen LogP contribution in [0.1, 0.15) is 0 Å². The van der Waals surface area contributed by atoms with Gasteiger partial charge >= 0.3 is 28.8 Å². The molecule has 0 saturated carbocycles. The van der Waals surface area contributed by atoms with Gasteiger partial charge in [0, 0.05) is 4.92 Å². The van der Waals surface area contributed by atoms with Crippen LogP contribution in [-0.4, -0.2) is 41.3 Å². The largest absolute Gasteiger partial charge is 0.497 e. The Labute approximate surface area is 111 Å². The molecule has 0 aromatic rings. The molecule has 0 radical (unpaired) electrons. The maximum Gasteiger partial charge on any atom is 0.460 e. The lowest BCUT2D eigenvalue weighted by Crippen LogP contribution is -2.43. The predicted octanol–water partition coefficient (Wildman–Crippen LogP) is -0.873. The average Bonchev–Trinajstić information content (AvgIpc) is 2.35. The van der Waals surface area contributed by atoms with Gasteiger partial charge in [-0.3, -0.25) is 40.5 Å². The van der Waals surface area contributed by atoms with E-state index in [1.54, 1.807) is 0 Å². The van der Waals surface area contributed by atoms with E-state index in [4.69, 9.17) is 5.53 Å². The third-order valence-corrected chi connectivity index (χ3v) is 2.33. The van der Waals surface area contributed by atoms with Crippen LogP contribution >= 0.6 is 0 Å². The first-order chi connectivity index (χ1) is 9.64. The fourth-order valence-electron chi connectivity index (χ4n) is 1.58. The van der Waals surface area contributed by atoms with Crippen molar-refractivity contribution >= 4 is 5.71 Å². The summed E-state index contributed by atoms with van der Waals surface area (Å²) >= 11 is 0. The summed E-state index contributed by atoms with van der Waals surface area (Å²) in [4.78, 5) is 39.0. The van der Waals surface area contributed by atoms with Gasteiger partial charge in [0.1, 0.15) is 0 Å². The molecule has 1 N–H and O–H groups in total. The van der Waals surface area contributed by atoms with Gasteiger partial charge in [-0.2, -0.15) is 4.79 Å². The predicted molar refractivity (Wildman–Crippen MR) is 57.1 cm³/mol. The van der Waals surface area contributed by atoms with E-state index in [-0.39, 0.29) is 0 Å². The lowest BCUT2D eigenvalue weighted by molar-refractivity contribution is -0.548. The summed E-state index contributed by atoms with van der Waals surface area (Å²) in [5.41, 5.74) is 1.86. The number of nitro groups is 4. The normalized spacial score (nSPS) is 18.3. The Kier molecular flexibility index (Phi) is 3.72. The molecule has 1 rings (SSSR count).